The van der Waals surface area contributed by atoms with Crippen LogP contribution >= 0.6 is 0 Å². The Morgan fingerprint density at radius 3 is 3.05 bits per heavy atom. The molecule has 2 unspecified atom stereocenters. The number of nitrogen functional groups attached to an aromatic ring is 1. The molecule has 1 aromatic rings. The molecule has 0 radical (unpaired) electrons. The maximum atomic E-state index is 5.90. The molecule has 0 aromatic carbocycles. The fourth-order valence-corrected chi connectivity index (χ4v) is 3.24. The van der Waals surface area contributed by atoms with E-state index in [-0.39, 0.29) is 0 Å². The van der Waals surface area contributed by atoms with Crippen LogP contribution in [0.25, 0.3) is 0 Å². The van der Waals surface area contributed by atoms with E-state index in [1.54, 1.807) is 6.33 Å². The Morgan fingerprint density at radius 1 is 1.37 bits per heavy atom. The van der Waals surface area contributed by atoms with Crippen LogP contribution < -0.4 is 16.2 Å². The molecule has 1 aliphatic carbocycles. The monoisotopic (exact) mass is 263 g/mol. The highest BCUT2D eigenvalue weighted by molar-refractivity contribution is 5.58. The molecular formula is C13H21N5O. The molecule has 6 heteroatoms. The summed E-state index contributed by atoms with van der Waals surface area (Å²) in [5.41, 5.74) is 3.65. The van der Waals surface area contributed by atoms with Crippen LogP contribution in [0.4, 0.5) is 11.6 Å². The summed E-state index contributed by atoms with van der Waals surface area (Å²) in [6, 6.07) is 0.446. The molecule has 3 N–H and O–H groups in total. The van der Waals surface area contributed by atoms with Gasteiger partial charge in [-0.1, -0.05) is 12.8 Å². The van der Waals surface area contributed by atoms with Crippen LogP contribution in [0, 0.1) is 6.92 Å². The fraction of sp³-hybridized carbons (Fsp3) is 0.692. The minimum absolute atomic E-state index is 0.353. The van der Waals surface area contributed by atoms with Gasteiger partial charge in [-0.05, 0) is 19.8 Å². The van der Waals surface area contributed by atoms with Crippen LogP contribution in [0.3, 0.4) is 0 Å². The van der Waals surface area contributed by atoms with Crippen LogP contribution in [0.2, 0.25) is 0 Å². The van der Waals surface area contributed by atoms with Crippen molar-refractivity contribution < 1.29 is 4.74 Å². The van der Waals surface area contributed by atoms with Gasteiger partial charge < -0.3 is 15.1 Å². The van der Waals surface area contributed by atoms with Crippen molar-refractivity contribution in [1.82, 2.24) is 9.97 Å². The Labute approximate surface area is 113 Å². The molecular weight excluding hydrogens is 242 g/mol. The predicted molar refractivity (Wildman–Crippen MR) is 73.9 cm³/mol. The van der Waals surface area contributed by atoms with Crippen molar-refractivity contribution in [3.63, 3.8) is 0 Å². The predicted octanol–water partition coefficient (Wildman–Crippen LogP) is 1.22. The highest BCUT2D eigenvalue weighted by Gasteiger charge is 2.35. The zero-order chi connectivity index (χ0) is 13.2. The zero-order valence-electron chi connectivity index (χ0n) is 11.3. The Morgan fingerprint density at radius 2 is 2.21 bits per heavy atom. The van der Waals surface area contributed by atoms with E-state index < -0.39 is 0 Å². The van der Waals surface area contributed by atoms with E-state index in [4.69, 9.17) is 10.6 Å². The minimum Gasteiger partial charge on any atom is -0.374 e. The van der Waals surface area contributed by atoms with Gasteiger partial charge in [-0.3, -0.25) is 0 Å². The van der Waals surface area contributed by atoms with E-state index >= 15 is 0 Å². The molecule has 2 aliphatic rings. The van der Waals surface area contributed by atoms with E-state index in [0.29, 0.717) is 18.0 Å². The summed E-state index contributed by atoms with van der Waals surface area (Å²) in [5.74, 6) is 7.18. The third-order valence-corrected chi connectivity index (χ3v) is 4.20. The van der Waals surface area contributed by atoms with Crippen molar-refractivity contribution in [2.45, 2.75) is 44.8 Å². The normalized spacial score (nSPS) is 26.9. The van der Waals surface area contributed by atoms with Crippen LogP contribution in [0.15, 0.2) is 6.33 Å². The van der Waals surface area contributed by atoms with Gasteiger partial charge in [0.05, 0.1) is 18.8 Å². The molecule has 2 atom stereocenters. The molecule has 0 spiro atoms. The van der Waals surface area contributed by atoms with E-state index in [0.717, 1.165) is 31.0 Å². The summed E-state index contributed by atoms with van der Waals surface area (Å²) in [5, 5.41) is 0. The SMILES string of the molecule is Cc1c(NN)ncnc1N1CCOC2CCCCC21. The minimum atomic E-state index is 0.353. The van der Waals surface area contributed by atoms with Crippen LogP contribution in [0.1, 0.15) is 31.2 Å². The molecule has 2 heterocycles. The number of hydrogen-bond acceptors (Lipinski definition) is 6. The van der Waals surface area contributed by atoms with Gasteiger partial charge in [0.2, 0.25) is 0 Å². The highest BCUT2D eigenvalue weighted by Crippen LogP contribution is 2.33. The lowest BCUT2D eigenvalue weighted by molar-refractivity contribution is -0.00903. The van der Waals surface area contributed by atoms with Gasteiger partial charge in [0.15, 0.2) is 0 Å². The third-order valence-electron chi connectivity index (χ3n) is 4.20. The first-order chi connectivity index (χ1) is 9.31. The van der Waals surface area contributed by atoms with Crippen molar-refractivity contribution in [1.29, 1.82) is 0 Å². The van der Waals surface area contributed by atoms with Gasteiger partial charge >= 0.3 is 0 Å². The highest BCUT2D eigenvalue weighted by atomic mass is 16.5. The number of nitrogens with zero attached hydrogens (tertiary/aromatic N) is 3. The Hall–Kier alpha value is -1.40. The smallest absolute Gasteiger partial charge is 0.148 e. The van der Waals surface area contributed by atoms with E-state index in [9.17, 15) is 0 Å². The van der Waals surface area contributed by atoms with Gasteiger partial charge in [-0.25, -0.2) is 15.8 Å². The lowest BCUT2D eigenvalue weighted by atomic mass is 9.90. The number of aromatic nitrogens is 2. The number of rotatable bonds is 2. The number of hydrazine groups is 1. The van der Waals surface area contributed by atoms with Crippen molar-refractivity contribution in [2.24, 2.45) is 5.84 Å². The van der Waals surface area contributed by atoms with Crippen molar-refractivity contribution in [3.05, 3.63) is 11.9 Å². The first-order valence-electron chi connectivity index (χ1n) is 6.97. The van der Waals surface area contributed by atoms with E-state index in [1.165, 1.54) is 19.3 Å². The Bertz CT molecular complexity index is 451. The summed E-state index contributed by atoms with van der Waals surface area (Å²) in [4.78, 5) is 11.0. The molecule has 1 saturated carbocycles. The van der Waals surface area contributed by atoms with Crippen LogP contribution in [-0.4, -0.2) is 35.3 Å². The van der Waals surface area contributed by atoms with Crippen molar-refractivity contribution in [3.8, 4) is 0 Å². The summed E-state index contributed by atoms with van der Waals surface area (Å²) in [6.45, 7) is 3.68. The van der Waals surface area contributed by atoms with Crippen molar-refractivity contribution >= 4 is 11.6 Å². The lowest BCUT2D eigenvalue weighted by Gasteiger charge is -2.44. The molecule has 0 bridgehead atoms. The molecule has 104 valence electrons. The number of nitrogens with one attached hydrogen (secondary N) is 1. The number of anilines is 2. The average molecular weight is 263 g/mol. The average Bonchev–Trinajstić information content (AvgIpc) is 2.47. The van der Waals surface area contributed by atoms with Gasteiger partial charge in [-0.15, -0.1) is 0 Å². The number of hydrogen-bond donors (Lipinski definition) is 2. The maximum absolute atomic E-state index is 5.90. The zero-order valence-corrected chi connectivity index (χ0v) is 11.3. The molecule has 1 saturated heterocycles. The lowest BCUT2D eigenvalue weighted by Crippen LogP contribution is -2.53. The van der Waals surface area contributed by atoms with E-state index in [1.807, 2.05) is 6.92 Å². The Kier molecular flexibility index (Phi) is 3.52. The molecule has 2 fully saturated rings. The molecule has 6 nitrogen and oxygen atoms in total. The largest absolute Gasteiger partial charge is 0.374 e. The van der Waals surface area contributed by atoms with E-state index in [2.05, 4.69) is 20.3 Å². The quantitative estimate of drug-likeness (QED) is 0.617. The molecule has 19 heavy (non-hydrogen) atoms. The number of morpholine rings is 1. The number of ether oxygens (including phenoxy) is 1. The molecule has 0 amide bonds. The second-order valence-electron chi connectivity index (χ2n) is 5.27. The first kappa shape index (κ1) is 12.6. The molecule has 1 aliphatic heterocycles. The summed E-state index contributed by atoms with van der Waals surface area (Å²) in [7, 11) is 0. The van der Waals surface area contributed by atoms with Gasteiger partial charge in [0.1, 0.15) is 18.0 Å². The fourth-order valence-electron chi connectivity index (χ4n) is 3.24. The Balaban J connectivity index is 1.91. The van der Waals surface area contributed by atoms with Crippen LogP contribution in [0.5, 0.6) is 0 Å². The first-order valence-corrected chi connectivity index (χ1v) is 6.97. The van der Waals surface area contributed by atoms with Crippen molar-refractivity contribution in [2.75, 3.05) is 23.5 Å². The second-order valence-corrected chi connectivity index (χ2v) is 5.27. The van der Waals surface area contributed by atoms with Gasteiger partial charge in [0.25, 0.3) is 0 Å². The standard InChI is InChI=1S/C13H21N5O/c1-9-12(17-14)15-8-16-13(9)18-6-7-19-11-5-3-2-4-10(11)18/h8,10-11H,2-7,14H2,1H3,(H,15,16,17). The second kappa shape index (κ2) is 5.30. The van der Waals surface area contributed by atoms with Crippen LogP contribution in [-0.2, 0) is 4.74 Å². The molecule has 1 aromatic heterocycles. The topological polar surface area (TPSA) is 76.3 Å². The summed E-state index contributed by atoms with van der Waals surface area (Å²) in [6.07, 6.45) is 6.81. The van der Waals surface area contributed by atoms with Gasteiger partial charge in [0, 0.05) is 12.1 Å². The molecule has 3 rings (SSSR count). The van der Waals surface area contributed by atoms with Gasteiger partial charge in [-0.2, -0.15) is 0 Å². The third kappa shape index (κ3) is 2.26. The number of nitrogens with two attached hydrogens (primary N) is 1. The summed E-state index contributed by atoms with van der Waals surface area (Å²) >= 11 is 0. The number of fused-ring (bicyclic) bond motifs is 1. The maximum Gasteiger partial charge on any atom is 0.148 e. The summed E-state index contributed by atoms with van der Waals surface area (Å²) < 4.78 is 5.90.